The molecule has 2 N–H and O–H groups in total. The minimum atomic E-state index is -3.50. The molecule has 2 atom stereocenters. The van der Waals surface area contributed by atoms with E-state index in [0.717, 1.165) is 6.42 Å². The third kappa shape index (κ3) is 2.17. The number of hydrogen-bond donors (Lipinski definition) is 1. The molecule has 2 unspecified atom stereocenters. The molecule has 1 aromatic rings. The predicted octanol–water partition coefficient (Wildman–Crippen LogP) is 0.261. The number of imidazole rings is 1. The first-order valence-corrected chi connectivity index (χ1v) is 7.68. The van der Waals surface area contributed by atoms with Crippen molar-refractivity contribution in [2.75, 3.05) is 13.1 Å². The summed E-state index contributed by atoms with van der Waals surface area (Å²) in [6, 6.07) is -0.109. The van der Waals surface area contributed by atoms with Crippen molar-refractivity contribution in [3.63, 3.8) is 0 Å². The molecular formula is C11H20N4O2S. The molecule has 0 aliphatic carbocycles. The number of rotatable bonds is 4. The van der Waals surface area contributed by atoms with Gasteiger partial charge in [0.2, 0.25) is 0 Å². The zero-order chi connectivity index (χ0) is 13.3. The smallest absolute Gasteiger partial charge is 0.262 e. The molecule has 1 fully saturated rings. The number of nitrogens with two attached hydrogens (primary N) is 1. The highest BCUT2D eigenvalue weighted by Crippen LogP contribution is 2.28. The fraction of sp³-hybridized carbons (Fsp3) is 0.727. The quantitative estimate of drug-likeness (QED) is 0.852. The highest BCUT2D eigenvalue weighted by atomic mass is 32.2. The Hall–Kier alpha value is -0.920. The molecule has 1 aliphatic rings. The summed E-state index contributed by atoms with van der Waals surface area (Å²) in [5.41, 5.74) is 5.69. The van der Waals surface area contributed by atoms with Crippen molar-refractivity contribution in [3.8, 4) is 0 Å². The van der Waals surface area contributed by atoms with Crippen molar-refractivity contribution in [1.29, 1.82) is 0 Å². The van der Waals surface area contributed by atoms with Crippen molar-refractivity contribution >= 4 is 10.0 Å². The van der Waals surface area contributed by atoms with Crippen LogP contribution in [0.5, 0.6) is 0 Å². The fourth-order valence-corrected chi connectivity index (χ4v) is 4.07. The molecule has 0 radical (unpaired) electrons. The van der Waals surface area contributed by atoms with Gasteiger partial charge < -0.3 is 10.3 Å². The second-order valence-electron chi connectivity index (χ2n) is 4.73. The van der Waals surface area contributed by atoms with Crippen LogP contribution in [0.4, 0.5) is 0 Å². The van der Waals surface area contributed by atoms with Gasteiger partial charge in [0.05, 0.1) is 6.33 Å². The van der Waals surface area contributed by atoms with Gasteiger partial charge in [0.1, 0.15) is 0 Å². The summed E-state index contributed by atoms with van der Waals surface area (Å²) in [6.07, 6.45) is 3.98. The number of aryl methyl sites for hydroxylation is 1. The van der Waals surface area contributed by atoms with Gasteiger partial charge in [-0.25, -0.2) is 13.4 Å². The van der Waals surface area contributed by atoms with Gasteiger partial charge in [-0.1, -0.05) is 6.92 Å². The van der Waals surface area contributed by atoms with Crippen LogP contribution in [0.15, 0.2) is 17.6 Å². The van der Waals surface area contributed by atoms with Crippen LogP contribution >= 0.6 is 0 Å². The highest BCUT2D eigenvalue weighted by molar-refractivity contribution is 7.89. The molecule has 2 rings (SSSR count). The maximum atomic E-state index is 12.5. The van der Waals surface area contributed by atoms with Gasteiger partial charge in [0.15, 0.2) is 5.03 Å². The predicted molar refractivity (Wildman–Crippen MR) is 68.4 cm³/mol. The molecule has 0 aromatic carbocycles. The molecule has 1 saturated heterocycles. The second kappa shape index (κ2) is 4.99. The maximum absolute atomic E-state index is 12.5. The molecule has 0 bridgehead atoms. The standard InChI is InChI=1S/C11H20N4O2S/c1-3-14-7-11(13-8-14)18(16,17)15-5-4-9(2)10(15)6-12/h7-10H,3-6,12H2,1-2H3. The van der Waals surface area contributed by atoms with Gasteiger partial charge in [0, 0.05) is 31.9 Å². The van der Waals surface area contributed by atoms with Crippen molar-refractivity contribution in [2.45, 2.75) is 37.9 Å². The average molecular weight is 272 g/mol. The lowest BCUT2D eigenvalue weighted by Crippen LogP contribution is -2.42. The first-order chi connectivity index (χ1) is 8.50. The molecule has 7 heteroatoms. The minimum absolute atomic E-state index is 0.109. The van der Waals surface area contributed by atoms with Gasteiger partial charge in [-0.3, -0.25) is 0 Å². The van der Waals surface area contributed by atoms with Gasteiger partial charge in [0.25, 0.3) is 10.0 Å². The summed E-state index contributed by atoms with van der Waals surface area (Å²) < 4.78 is 28.2. The normalized spacial score (nSPS) is 25.7. The Labute approximate surface area is 108 Å². The Balaban J connectivity index is 2.31. The lowest BCUT2D eigenvalue weighted by molar-refractivity contribution is 0.353. The van der Waals surface area contributed by atoms with Crippen molar-refractivity contribution in [2.24, 2.45) is 11.7 Å². The summed E-state index contributed by atoms with van der Waals surface area (Å²) in [6.45, 7) is 5.58. The Kier molecular flexibility index (Phi) is 3.74. The zero-order valence-corrected chi connectivity index (χ0v) is 11.6. The van der Waals surface area contributed by atoms with Crippen LogP contribution in [0.3, 0.4) is 0 Å². The van der Waals surface area contributed by atoms with Crippen LogP contribution in [0, 0.1) is 5.92 Å². The van der Waals surface area contributed by atoms with Gasteiger partial charge in [-0.15, -0.1) is 0 Å². The lowest BCUT2D eigenvalue weighted by Gasteiger charge is -2.23. The molecular weight excluding hydrogens is 252 g/mol. The molecule has 2 heterocycles. The summed E-state index contributed by atoms with van der Waals surface area (Å²) in [5.74, 6) is 0.304. The van der Waals surface area contributed by atoms with Crippen molar-refractivity contribution in [1.82, 2.24) is 13.9 Å². The number of hydrogen-bond acceptors (Lipinski definition) is 4. The van der Waals surface area contributed by atoms with Crippen LogP contribution in [0.25, 0.3) is 0 Å². The minimum Gasteiger partial charge on any atom is -0.336 e. The van der Waals surface area contributed by atoms with E-state index in [9.17, 15) is 8.42 Å². The average Bonchev–Trinajstić information content (AvgIpc) is 2.95. The molecule has 102 valence electrons. The van der Waals surface area contributed by atoms with Gasteiger partial charge in [-0.2, -0.15) is 4.31 Å². The zero-order valence-electron chi connectivity index (χ0n) is 10.8. The second-order valence-corrected chi connectivity index (χ2v) is 6.56. The lowest BCUT2D eigenvalue weighted by atomic mass is 10.0. The van der Waals surface area contributed by atoms with E-state index in [4.69, 9.17) is 5.73 Å². The Bertz CT molecular complexity index is 511. The molecule has 0 spiro atoms. The number of aromatic nitrogens is 2. The van der Waals surface area contributed by atoms with Gasteiger partial charge in [-0.05, 0) is 19.3 Å². The van der Waals surface area contributed by atoms with Gasteiger partial charge >= 0.3 is 0 Å². The van der Waals surface area contributed by atoms with E-state index in [1.807, 2.05) is 13.8 Å². The maximum Gasteiger partial charge on any atom is 0.262 e. The van der Waals surface area contributed by atoms with Crippen LogP contribution in [0.1, 0.15) is 20.3 Å². The monoisotopic (exact) mass is 272 g/mol. The number of nitrogens with zero attached hydrogens (tertiary/aromatic N) is 3. The summed E-state index contributed by atoms with van der Waals surface area (Å²) in [4.78, 5) is 3.99. The molecule has 6 nitrogen and oxygen atoms in total. The molecule has 0 amide bonds. The summed E-state index contributed by atoms with van der Waals surface area (Å²) >= 11 is 0. The van der Waals surface area contributed by atoms with E-state index >= 15 is 0 Å². The first-order valence-electron chi connectivity index (χ1n) is 6.24. The number of sulfonamides is 1. The van der Waals surface area contributed by atoms with E-state index in [1.165, 1.54) is 4.31 Å². The SMILES string of the molecule is CCn1cnc(S(=O)(=O)N2CCC(C)C2CN)c1. The molecule has 1 aromatic heterocycles. The summed E-state index contributed by atoms with van der Waals surface area (Å²) in [5, 5.41) is 0.122. The third-order valence-electron chi connectivity index (χ3n) is 3.62. The highest BCUT2D eigenvalue weighted by Gasteiger charge is 2.39. The Morgan fingerprint density at radius 3 is 2.83 bits per heavy atom. The Morgan fingerprint density at radius 2 is 2.28 bits per heavy atom. The largest absolute Gasteiger partial charge is 0.336 e. The fourth-order valence-electron chi connectivity index (χ4n) is 2.39. The third-order valence-corrected chi connectivity index (χ3v) is 5.43. The van der Waals surface area contributed by atoms with Crippen LogP contribution in [-0.4, -0.2) is 41.4 Å². The van der Waals surface area contributed by atoms with Crippen LogP contribution < -0.4 is 5.73 Å². The van der Waals surface area contributed by atoms with E-state index in [1.54, 1.807) is 17.1 Å². The summed E-state index contributed by atoms with van der Waals surface area (Å²) in [7, 11) is -3.50. The Morgan fingerprint density at radius 1 is 1.56 bits per heavy atom. The van der Waals surface area contributed by atoms with E-state index in [-0.39, 0.29) is 11.1 Å². The van der Waals surface area contributed by atoms with Crippen LogP contribution in [-0.2, 0) is 16.6 Å². The topological polar surface area (TPSA) is 81.2 Å². The van der Waals surface area contributed by atoms with Crippen molar-refractivity contribution < 1.29 is 8.42 Å². The van der Waals surface area contributed by atoms with E-state index < -0.39 is 10.0 Å². The first kappa shape index (κ1) is 13.5. The van der Waals surface area contributed by atoms with E-state index in [2.05, 4.69) is 4.98 Å². The van der Waals surface area contributed by atoms with E-state index in [0.29, 0.717) is 25.6 Å². The molecule has 18 heavy (non-hydrogen) atoms. The molecule has 0 saturated carbocycles. The van der Waals surface area contributed by atoms with Crippen molar-refractivity contribution in [3.05, 3.63) is 12.5 Å². The van der Waals surface area contributed by atoms with Crippen LogP contribution in [0.2, 0.25) is 0 Å². The molecule has 1 aliphatic heterocycles.